The highest BCUT2D eigenvalue weighted by Gasteiger charge is 2.34. The second-order valence-electron chi connectivity index (χ2n) is 5.66. The SMILES string of the molecule is CCOc1cc(/C=C2\SC(=S)N(c3ccccc3CC)C2=O)ccc1O. The molecule has 0 spiro atoms. The average Bonchev–Trinajstić information content (AvgIpc) is 2.91. The van der Waals surface area contributed by atoms with E-state index in [4.69, 9.17) is 17.0 Å². The summed E-state index contributed by atoms with van der Waals surface area (Å²) >= 11 is 6.73. The summed E-state index contributed by atoms with van der Waals surface area (Å²) in [5.41, 5.74) is 2.69. The third-order valence-electron chi connectivity index (χ3n) is 3.99. The number of ether oxygens (including phenoxy) is 1. The van der Waals surface area contributed by atoms with Crippen molar-refractivity contribution in [2.24, 2.45) is 0 Å². The number of phenolic OH excluding ortho intramolecular Hbond substituents is 1. The molecule has 3 rings (SSSR count). The number of nitrogens with zero attached hydrogens (tertiary/aromatic N) is 1. The van der Waals surface area contributed by atoms with Gasteiger partial charge in [-0.3, -0.25) is 9.69 Å². The molecule has 1 fully saturated rings. The minimum absolute atomic E-state index is 0.0772. The van der Waals surface area contributed by atoms with Crippen molar-refractivity contribution in [2.75, 3.05) is 11.5 Å². The second kappa shape index (κ2) is 7.93. The van der Waals surface area contributed by atoms with Gasteiger partial charge in [-0.2, -0.15) is 0 Å². The lowest BCUT2D eigenvalue weighted by Gasteiger charge is -2.18. The van der Waals surface area contributed by atoms with E-state index < -0.39 is 0 Å². The van der Waals surface area contributed by atoms with Gasteiger partial charge in [-0.1, -0.05) is 55.2 Å². The zero-order valence-corrected chi connectivity index (χ0v) is 16.2. The van der Waals surface area contributed by atoms with Gasteiger partial charge in [-0.25, -0.2) is 0 Å². The Morgan fingerprint density at radius 1 is 1.23 bits per heavy atom. The van der Waals surface area contributed by atoms with Crippen molar-refractivity contribution >= 4 is 46.0 Å². The highest BCUT2D eigenvalue weighted by atomic mass is 32.2. The molecule has 0 bridgehead atoms. The Labute approximate surface area is 162 Å². The van der Waals surface area contributed by atoms with Crippen molar-refractivity contribution < 1.29 is 14.6 Å². The van der Waals surface area contributed by atoms with Gasteiger partial charge in [0.1, 0.15) is 0 Å². The smallest absolute Gasteiger partial charge is 0.270 e. The Morgan fingerprint density at radius 2 is 2.00 bits per heavy atom. The van der Waals surface area contributed by atoms with Crippen LogP contribution in [0.1, 0.15) is 25.0 Å². The van der Waals surface area contributed by atoms with Gasteiger partial charge in [0.2, 0.25) is 0 Å². The number of hydrogen-bond donors (Lipinski definition) is 1. The van der Waals surface area contributed by atoms with Crippen LogP contribution in [0.25, 0.3) is 6.08 Å². The maximum Gasteiger partial charge on any atom is 0.270 e. The number of thiocarbonyl (C=S) groups is 1. The predicted molar refractivity (Wildman–Crippen MR) is 111 cm³/mol. The molecule has 4 nitrogen and oxygen atoms in total. The molecule has 0 aromatic heterocycles. The number of amides is 1. The highest BCUT2D eigenvalue weighted by Crippen LogP contribution is 2.38. The monoisotopic (exact) mass is 385 g/mol. The Morgan fingerprint density at radius 3 is 2.73 bits per heavy atom. The van der Waals surface area contributed by atoms with Crippen molar-refractivity contribution in [3.8, 4) is 11.5 Å². The molecular weight excluding hydrogens is 366 g/mol. The summed E-state index contributed by atoms with van der Waals surface area (Å²) in [6.45, 7) is 4.35. The number of hydrogen-bond acceptors (Lipinski definition) is 5. The number of phenols is 1. The van der Waals surface area contributed by atoms with E-state index in [1.165, 1.54) is 11.8 Å². The predicted octanol–water partition coefficient (Wildman–Crippen LogP) is 4.76. The van der Waals surface area contributed by atoms with Crippen molar-refractivity contribution in [2.45, 2.75) is 20.3 Å². The largest absolute Gasteiger partial charge is 0.504 e. The summed E-state index contributed by atoms with van der Waals surface area (Å²) in [5.74, 6) is 0.341. The van der Waals surface area contributed by atoms with Crippen LogP contribution >= 0.6 is 24.0 Å². The van der Waals surface area contributed by atoms with Crippen LogP contribution in [-0.2, 0) is 11.2 Å². The first-order chi connectivity index (χ1) is 12.5. The molecule has 0 aliphatic carbocycles. The van der Waals surface area contributed by atoms with Gasteiger partial charge >= 0.3 is 0 Å². The van der Waals surface area contributed by atoms with Gasteiger partial charge in [0, 0.05) is 0 Å². The zero-order valence-electron chi connectivity index (χ0n) is 14.6. The molecule has 0 unspecified atom stereocenters. The van der Waals surface area contributed by atoms with Crippen LogP contribution in [0.15, 0.2) is 47.4 Å². The number of aromatic hydroxyl groups is 1. The first kappa shape index (κ1) is 18.5. The van der Waals surface area contributed by atoms with E-state index in [2.05, 4.69) is 6.92 Å². The number of carbonyl (C=O) groups is 1. The standard InChI is InChI=1S/C20H19NO3S2/c1-3-14-7-5-6-8-15(14)21-19(23)18(26-20(21)25)12-13-9-10-16(22)17(11-13)24-4-2/h5-12,22H,3-4H2,1-2H3/b18-12-. The lowest BCUT2D eigenvalue weighted by Crippen LogP contribution is -2.28. The average molecular weight is 386 g/mol. The molecule has 134 valence electrons. The maximum atomic E-state index is 12.9. The fourth-order valence-corrected chi connectivity index (χ4v) is 4.03. The second-order valence-corrected chi connectivity index (χ2v) is 7.34. The third-order valence-corrected chi connectivity index (χ3v) is 5.29. The van der Waals surface area contributed by atoms with E-state index in [-0.39, 0.29) is 11.7 Å². The van der Waals surface area contributed by atoms with Crippen LogP contribution in [0, 0.1) is 0 Å². The van der Waals surface area contributed by atoms with Crippen LogP contribution in [0.4, 0.5) is 5.69 Å². The van der Waals surface area contributed by atoms with Crippen LogP contribution in [0.3, 0.4) is 0 Å². The van der Waals surface area contributed by atoms with Crippen LogP contribution in [-0.4, -0.2) is 21.9 Å². The molecule has 6 heteroatoms. The van der Waals surface area contributed by atoms with Crippen molar-refractivity contribution in [1.29, 1.82) is 0 Å². The Hall–Kier alpha value is -2.31. The molecule has 1 aliphatic rings. The Bertz CT molecular complexity index is 892. The minimum atomic E-state index is -0.132. The van der Waals surface area contributed by atoms with Gasteiger partial charge in [0.15, 0.2) is 15.8 Å². The lowest BCUT2D eigenvalue weighted by molar-refractivity contribution is -0.113. The Balaban J connectivity index is 1.94. The van der Waals surface area contributed by atoms with Crippen molar-refractivity contribution in [3.05, 3.63) is 58.5 Å². The van der Waals surface area contributed by atoms with Crippen molar-refractivity contribution in [1.82, 2.24) is 0 Å². The molecule has 1 saturated heterocycles. The molecule has 1 N–H and O–H groups in total. The number of benzene rings is 2. The van der Waals surface area contributed by atoms with Crippen LogP contribution in [0.5, 0.6) is 11.5 Å². The van der Waals surface area contributed by atoms with E-state index in [0.29, 0.717) is 21.6 Å². The number of anilines is 1. The molecule has 2 aromatic rings. The third kappa shape index (κ3) is 3.61. The molecule has 1 heterocycles. The number of aryl methyl sites for hydroxylation is 1. The molecule has 1 amide bonds. The molecular formula is C20H19NO3S2. The fourth-order valence-electron chi connectivity index (χ4n) is 2.75. The first-order valence-corrected chi connectivity index (χ1v) is 9.59. The van der Waals surface area contributed by atoms with E-state index in [1.54, 1.807) is 29.2 Å². The number of para-hydroxylation sites is 1. The summed E-state index contributed by atoms with van der Waals surface area (Å²) in [5, 5.41) is 9.82. The van der Waals surface area contributed by atoms with E-state index in [9.17, 15) is 9.90 Å². The van der Waals surface area contributed by atoms with Gasteiger partial charge in [0.25, 0.3) is 5.91 Å². The van der Waals surface area contributed by atoms with Gasteiger partial charge in [0.05, 0.1) is 17.2 Å². The normalized spacial score (nSPS) is 15.8. The van der Waals surface area contributed by atoms with Gasteiger partial charge < -0.3 is 9.84 Å². The van der Waals surface area contributed by atoms with Gasteiger partial charge in [-0.15, -0.1) is 0 Å². The quantitative estimate of drug-likeness (QED) is 0.594. The summed E-state index contributed by atoms with van der Waals surface area (Å²) in [4.78, 5) is 15.1. The number of carbonyl (C=O) groups excluding carboxylic acids is 1. The number of rotatable bonds is 5. The van der Waals surface area contributed by atoms with Crippen LogP contribution in [0.2, 0.25) is 0 Å². The topological polar surface area (TPSA) is 49.8 Å². The summed E-state index contributed by atoms with van der Waals surface area (Å²) in [7, 11) is 0. The fraction of sp³-hybridized carbons (Fsp3) is 0.200. The van der Waals surface area contributed by atoms with Gasteiger partial charge in [-0.05, 0) is 48.7 Å². The molecule has 26 heavy (non-hydrogen) atoms. The van der Waals surface area contributed by atoms with E-state index >= 15 is 0 Å². The van der Waals surface area contributed by atoms with Crippen LogP contribution < -0.4 is 9.64 Å². The first-order valence-electron chi connectivity index (χ1n) is 8.36. The zero-order chi connectivity index (χ0) is 18.7. The van der Waals surface area contributed by atoms with Crippen molar-refractivity contribution in [3.63, 3.8) is 0 Å². The molecule has 2 aromatic carbocycles. The number of thioether (sulfide) groups is 1. The Kier molecular flexibility index (Phi) is 5.64. The molecule has 0 atom stereocenters. The van der Waals surface area contributed by atoms with E-state index in [0.717, 1.165) is 23.2 Å². The highest BCUT2D eigenvalue weighted by molar-refractivity contribution is 8.27. The summed E-state index contributed by atoms with van der Waals surface area (Å²) in [6, 6.07) is 12.8. The molecule has 0 saturated carbocycles. The molecule has 1 aliphatic heterocycles. The maximum absolute atomic E-state index is 12.9. The lowest BCUT2D eigenvalue weighted by atomic mass is 10.1. The summed E-state index contributed by atoms with van der Waals surface area (Å²) in [6.07, 6.45) is 2.60. The van der Waals surface area contributed by atoms with E-state index in [1.807, 2.05) is 31.2 Å². The summed E-state index contributed by atoms with van der Waals surface area (Å²) < 4.78 is 5.92. The molecule has 0 radical (unpaired) electrons. The minimum Gasteiger partial charge on any atom is -0.504 e.